The molecule has 1 spiro atoms. The van der Waals surface area contributed by atoms with E-state index in [1.54, 1.807) is 4.90 Å². The van der Waals surface area contributed by atoms with Gasteiger partial charge < -0.3 is 14.6 Å². The topological polar surface area (TPSA) is 62.4 Å². The molecule has 2 heterocycles. The third-order valence-electron chi connectivity index (χ3n) is 4.82. The molecule has 1 amide bonds. The van der Waals surface area contributed by atoms with Crippen LogP contribution in [-0.4, -0.2) is 42.1 Å². The largest absolute Gasteiger partial charge is 0.379 e. The molecule has 0 bridgehead atoms. The minimum atomic E-state index is -0.860. The van der Waals surface area contributed by atoms with Crippen LogP contribution in [0.5, 0.6) is 0 Å². The average Bonchev–Trinajstić information content (AvgIpc) is 3.34. The van der Waals surface area contributed by atoms with Crippen LogP contribution in [0.2, 0.25) is 0 Å². The van der Waals surface area contributed by atoms with Crippen molar-refractivity contribution in [3.8, 4) is 0 Å². The number of carbonyl (C=O) groups excluding carboxylic acids is 1. The van der Waals surface area contributed by atoms with Gasteiger partial charge in [0.05, 0.1) is 24.1 Å². The van der Waals surface area contributed by atoms with E-state index in [-0.39, 0.29) is 21.9 Å². The first kappa shape index (κ1) is 15.3. The fraction of sp³-hybridized carbons (Fsp3) is 0.412. The minimum absolute atomic E-state index is 0.00792. The summed E-state index contributed by atoms with van der Waals surface area (Å²) in [5, 5.41) is -0.162. The molecule has 0 radical (unpaired) electrons. The highest BCUT2D eigenvalue weighted by atomic mass is 19.1. The zero-order valence-corrected chi connectivity index (χ0v) is 12.9. The van der Waals surface area contributed by atoms with Gasteiger partial charge in [-0.2, -0.15) is 0 Å². The molecule has 2 aromatic rings. The molecule has 1 aromatic heterocycles. The van der Waals surface area contributed by atoms with Crippen molar-refractivity contribution in [2.75, 3.05) is 26.3 Å². The molecule has 2 fully saturated rings. The summed E-state index contributed by atoms with van der Waals surface area (Å²) >= 11 is 0. The molecule has 1 aliphatic heterocycles. The monoisotopic (exact) mass is 334 g/mol. The van der Waals surface area contributed by atoms with Crippen LogP contribution < -0.4 is 5.43 Å². The van der Waals surface area contributed by atoms with Gasteiger partial charge in [-0.25, -0.2) is 8.78 Å². The summed E-state index contributed by atoms with van der Waals surface area (Å²) in [6, 6.07) is 1.64. The Morgan fingerprint density at radius 2 is 2.08 bits per heavy atom. The Morgan fingerprint density at radius 1 is 1.29 bits per heavy atom. The van der Waals surface area contributed by atoms with Crippen molar-refractivity contribution in [3.63, 3.8) is 0 Å². The van der Waals surface area contributed by atoms with E-state index >= 15 is 0 Å². The lowest BCUT2D eigenvalue weighted by molar-refractivity contribution is 0.0733. The lowest BCUT2D eigenvalue weighted by Gasteiger charge is -2.23. The minimum Gasteiger partial charge on any atom is -0.379 e. The molecule has 126 valence electrons. The zero-order chi connectivity index (χ0) is 16.9. The molecule has 7 heteroatoms. The molecule has 4 rings (SSSR count). The van der Waals surface area contributed by atoms with Crippen LogP contribution in [0, 0.1) is 17.0 Å². The zero-order valence-electron chi connectivity index (χ0n) is 12.9. The molecular formula is C17H16F2N2O3. The van der Waals surface area contributed by atoms with Gasteiger partial charge in [0.2, 0.25) is 5.43 Å². The molecule has 2 aliphatic rings. The Morgan fingerprint density at radius 3 is 2.83 bits per heavy atom. The first-order chi connectivity index (χ1) is 11.5. The number of H-pyrrole nitrogens is 1. The first-order valence-corrected chi connectivity index (χ1v) is 7.87. The summed E-state index contributed by atoms with van der Waals surface area (Å²) in [7, 11) is 0. The maximum atomic E-state index is 13.8. The number of benzene rings is 1. The van der Waals surface area contributed by atoms with Crippen LogP contribution >= 0.6 is 0 Å². The number of ether oxygens (including phenoxy) is 1. The Labute approximate surface area is 136 Å². The molecule has 0 unspecified atom stereocenters. The number of aromatic amines is 1. The van der Waals surface area contributed by atoms with Crippen LogP contribution in [0.15, 0.2) is 23.1 Å². The second-order valence-electron chi connectivity index (χ2n) is 6.62. The number of aromatic nitrogens is 1. The van der Waals surface area contributed by atoms with Crippen LogP contribution in [0.4, 0.5) is 8.78 Å². The van der Waals surface area contributed by atoms with Gasteiger partial charge >= 0.3 is 0 Å². The quantitative estimate of drug-likeness (QED) is 0.868. The van der Waals surface area contributed by atoms with Crippen LogP contribution in [0.1, 0.15) is 23.2 Å². The van der Waals surface area contributed by atoms with Gasteiger partial charge in [-0.15, -0.1) is 0 Å². The van der Waals surface area contributed by atoms with Gasteiger partial charge in [-0.1, -0.05) is 0 Å². The number of carbonyl (C=O) groups is 1. The van der Waals surface area contributed by atoms with Crippen molar-refractivity contribution in [1.29, 1.82) is 0 Å². The first-order valence-electron chi connectivity index (χ1n) is 7.87. The van der Waals surface area contributed by atoms with Crippen LogP contribution in [-0.2, 0) is 4.74 Å². The van der Waals surface area contributed by atoms with Crippen molar-refractivity contribution in [2.45, 2.75) is 12.8 Å². The summed E-state index contributed by atoms with van der Waals surface area (Å²) in [4.78, 5) is 29.5. The molecule has 1 aliphatic carbocycles. The highest BCUT2D eigenvalue weighted by Crippen LogP contribution is 2.47. The van der Waals surface area contributed by atoms with Crippen LogP contribution in [0.3, 0.4) is 0 Å². The Balaban J connectivity index is 1.74. The van der Waals surface area contributed by atoms with E-state index in [0.717, 1.165) is 18.9 Å². The number of pyridine rings is 1. The van der Waals surface area contributed by atoms with E-state index in [2.05, 4.69) is 4.98 Å². The number of hydrogen-bond acceptors (Lipinski definition) is 3. The highest BCUT2D eigenvalue weighted by molar-refractivity contribution is 5.97. The lowest BCUT2D eigenvalue weighted by Crippen LogP contribution is -2.38. The summed E-state index contributed by atoms with van der Waals surface area (Å²) < 4.78 is 32.7. The van der Waals surface area contributed by atoms with Crippen molar-refractivity contribution < 1.29 is 18.3 Å². The second-order valence-corrected chi connectivity index (χ2v) is 6.62. The number of rotatable bonds is 1. The van der Waals surface area contributed by atoms with E-state index in [0.29, 0.717) is 32.4 Å². The number of fused-ring (bicyclic) bond motifs is 1. The molecule has 24 heavy (non-hydrogen) atoms. The van der Waals surface area contributed by atoms with Crippen molar-refractivity contribution in [3.05, 3.63) is 45.8 Å². The number of nitrogens with zero attached hydrogens (tertiary/aromatic N) is 1. The van der Waals surface area contributed by atoms with Crippen molar-refractivity contribution in [1.82, 2.24) is 9.88 Å². The number of halogens is 2. The van der Waals surface area contributed by atoms with Gasteiger partial charge in [-0.3, -0.25) is 9.59 Å². The molecule has 1 N–H and O–H groups in total. The lowest BCUT2D eigenvalue weighted by atomic mass is 10.1. The molecule has 1 aromatic carbocycles. The van der Waals surface area contributed by atoms with Crippen molar-refractivity contribution in [2.24, 2.45) is 5.41 Å². The average molecular weight is 334 g/mol. The third-order valence-corrected chi connectivity index (χ3v) is 4.82. The van der Waals surface area contributed by atoms with Gasteiger partial charge in [-0.05, 0) is 18.9 Å². The fourth-order valence-corrected chi connectivity index (χ4v) is 3.23. The summed E-state index contributed by atoms with van der Waals surface area (Å²) in [6.07, 6.45) is 3.21. The molecule has 1 saturated carbocycles. The normalized spacial score (nSPS) is 19.5. The number of hydrogen-bond donors (Lipinski definition) is 1. The Kier molecular flexibility index (Phi) is 3.42. The molecular weight excluding hydrogens is 318 g/mol. The maximum absolute atomic E-state index is 13.8. The van der Waals surface area contributed by atoms with Crippen LogP contribution in [0.25, 0.3) is 10.9 Å². The third kappa shape index (κ3) is 2.49. The van der Waals surface area contributed by atoms with Gasteiger partial charge in [0.15, 0.2) is 0 Å². The maximum Gasteiger partial charge on any atom is 0.259 e. The number of amides is 1. The smallest absolute Gasteiger partial charge is 0.259 e. The molecule has 1 saturated heterocycles. The highest BCUT2D eigenvalue weighted by Gasteiger charge is 2.46. The Bertz CT molecular complexity index is 889. The predicted octanol–water partition coefficient (Wildman–Crippen LogP) is 2.06. The van der Waals surface area contributed by atoms with Gasteiger partial charge in [0.25, 0.3) is 5.91 Å². The van der Waals surface area contributed by atoms with Gasteiger partial charge in [0.1, 0.15) is 17.2 Å². The number of nitrogens with one attached hydrogen (secondary N) is 1. The van der Waals surface area contributed by atoms with E-state index in [4.69, 9.17) is 4.74 Å². The molecule has 0 atom stereocenters. The van der Waals surface area contributed by atoms with Crippen molar-refractivity contribution >= 4 is 16.8 Å². The molecule has 5 nitrogen and oxygen atoms in total. The summed E-state index contributed by atoms with van der Waals surface area (Å²) in [5.41, 5.74) is -0.864. The summed E-state index contributed by atoms with van der Waals surface area (Å²) in [5.74, 6) is -2.14. The Hall–Kier alpha value is -2.28. The van der Waals surface area contributed by atoms with E-state index in [1.807, 2.05) is 0 Å². The van der Waals surface area contributed by atoms with E-state index in [9.17, 15) is 18.4 Å². The fourth-order valence-electron chi connectivity index (χ4n) is 3.23. The predicted molar refractivity (Wildman–Crippen MR) is 82.9 cm³/mol. The standard InChI is InChI=1S/C17H16F2N2O3/c18-10-5-11-14(13(19)6-10)20-7-12(15(11)22)16(23)21-3-4-24-9-17(8-21)1-2-17/h5-7H,1-4,8-9H2,(H,20,22). The SMILES string of the molecule is O=C(c1c[nH]c2c(F)cc(F)cc2c1=O)N1CCOCC2(CC2)C1. The second kappa shape index (κ2) is 5.37. The summed E-state index contributed by atoms with van der Waals surface area (Å²) in [6.45, 7) is 1.99. The van der Waals surface area contributed by atoms with Gasteiger partial charge in [0, 0.05) is 30.8 Å². The van der Waals surface area contributed by atoms with E-state index in [1.165, 1.54) is 6.20 Å². The van der Waals surface area contributed by atoms with E-state index < -0.39 is 23.0 Å².